The Hall–Kier alpha value is -0.210. The standard InChI is InChI=1S/C8H18B2N5O4P2S/c1-14(2)4-5-15(8(17)20-13-10-18)6(22-3)11-7(16)19-21-12-9/h12-13,18,20-21H,4-5H2,1-3H3. The predicted molar refractivity (Wildman–Crippen MR) is 94.7 cm³/mol. The fraction of sp³-hybridized carbons (Fsp3) is 0.625. The second kappa shape index (κ2) is 13.2. The second-order valence-electron chi connectivity index (χ2n) is 3.87. The van der Waals surface area contributed by atoms with Gasteiger partial charge in [0.05, 0.1) is 0 Å². The van der Waals surface area contributed by atoms with E-state index in [1.807, 2.05) is 19.0 Å². The summed E-state index contributed by atoms with van der Waals surface area (Å²) in [5.41, 5.74) is -0.313. The fourth-order valence-electron chi connectivity index (χ4n) is 1.14. The van der Waals surface area contributed by atoms with Crippen molar-refractivity contribution in [2.75, 3.05) is 33.4 Å². The molecule has 3 N–H and O–H groups in total. The number of carbonyl (C=O) groups is 2. The molecule has 0 saturated carbocycles. The second-order valence-corrected chi connectivity index (χ2v) is 6.31. The largest absolute Gasteiger partial charge is 0.440 e. The van der Waals surface area contributed by atoms with Gasteiger partial charge in [-0.1, -0.05) is 11.8 Å². The number of amidine groups is 1. The molecule has 0 aliphatic rings. The van der Waals surface area contributed by atoms with Crippen LogP contribution in [0, 0.1) is 0 Å². The van der Waals surface area contributed by atoms with Crippen molar-refractivity contribution < 1.29 is 19.1 Å². The van der Waals surface area contributed by atoms with Gasteiger partial charge in [-0.05, 0) is 20.4 Å². The van der Waals surface area contributed by atoms with Crippen LogP contribution in [0.1, 0.15) is 0 Å². The summed E-state index contributed by atoms with van der Waals surface area (Å²) in [5.74, 6) is 0. The minimum absolute atomic E-state index is 0.214. The molecule has 0 aromatic carbocycles. The highest BCUT2D eigenvalue weighted by atomic mass is 32.2. The van der Waals surface area contributed by atoms with Crippen LogP contribution in [0.15, 0.2) is 4.99 Å². The van der Waals surface area contributed by atoms with E-state index < -0.39 is 15.1 Å². The first-order valence-electron chi connectivity index (χ1n) is 5.94. The van der Waals surface area contributed by atoms with Crippen LogP contribution in [-0.2, 0) is 4.52 Å². The Labute approximate surface area is 139 Å². The highest BCUT2D eigenvalue weighted by Gasteiger charge is 2.20. The van der Waals surface area contributed by atoms with Crippen LogP contribution < -0.4 is 10.00 Å². The highest BCUT2D eigenvalue weighted by Crippen LogP contribution is 2.17. The van der Waals surface area contributed by atoms with E-state index in [4.69, 9.17) is 17.5 Å². The van der Waals surface area contributed by atoms with Crippen molar-refractivity contribution >= 4 is 62.0 Å². The number of hydrogen-bond donors (Lipinski definition) is 3. The number of aliphatic imine (C=N–C) groups is 1. The van der Waals surface area contributed by atoms with Crippen molar-refractivity contribution in [2.45, 2.75) is 0 Å². The van der Waals surface area contributed by atoms with Crippen LogP contribution >= 0.6 is 29.5 Å². The molecule has 0 spiro atoms. The Morgan fingerprint density at radius 2 is 2.14 bits per heavy atom. The number of nitrogens with one attached hydrogen (secondary N) is 2. The first-order chi connectivity index (χ1) is 10.5. The summed E-state index contributed by atoms with van der Waals surface area (Å²) in [6, 6.07) is 0. The number of thioether (sulfide) groups is 1. The van der Waals surface area contributed by atoms with Gasteiger partial charge < -0.3 is 24.4 Å². The smallest absolute Gasteiger partial charge is 0.439 e. The average molecular weight is 364 g/mol. The van der Waals surface area contributed by atoms with Crippen molar-refractivity contribution in [3.05, 3.63) is 0 Å². The Bertz CT molecular complexity index is 394. The molecule has 14 heteroatoms. The van der Waals surface area contributed by atoms with Crippen LogP contribution in [0.4, 0.5) is 9.59 Å². The lowest BCUT2D eigenvalue weighted by molar-refractivity contribution is 0.217. The number of hydrogen-bond acceptors (Lipinski definition) is 8. The lowest BCUT2D eigenvalue weighted by Crippen LogP contribution is -2.38. The number of amides is 2. The van der Waals surface area contributed by atoms with E-state index >= 15 is 0 Å². The molecule has 0 aliphatic carbocycles. The van der Waals surface area contributed by atoms with Gasteiger partial charge in [-0.3, -0.25) is 9.69 Å². The molecule has 0 rings (SSSR count). The quantitative estimate of drug-likeness (QED) is 0.234. The maximum Gasteiger partial charge on any atom is 0.439 e. The number of carbonyl (C=O) groups excluding carboxylic acids is 2. The van der Waals surface area contributed by atoms with Crippen molar-refractivity contribution in [3.8, 4) is 0 Å². The van der Waals surface area contributed by atoms with Crippen LogP contribution in [0.5, 0.6) is 0 Å². The lowest BCUT2D eigenvalue weighted by atomic mass is 10.4. The molecule has 9 nitrogen and oxygen atoms in total. The summed E-state index contributed by atoms with van der Waals surface area (Å²) in [6.07, 6.45) is 0.855. The number of nitrogens with zero attached hydrogens (tertiary/aromatic N) is 3. The van der Waals surface area contributed by atoms with E-state index in [0.29, 0.717) is 20.7 Å². The van der Waals surface area contributed by atoms with Crippen LogP contribution in [0.2, 0.25) is 0 Å². The van der Waals surface area contributed by atoms with E-state index in [1.54, 1.807) is 6.26 Å². The molecule has 22 heavy (non-hydrogen) atoms. The van der Waals surface area contributed by atoms with Gasteiger partial charge in [0.25, 0.3) is 5.65 Å². The zero-order valence-corrected chi connectivity index (χ0v) is 15.3. The summed E-state index contributed by atoms with van der Waals surface area (Å²) in [5, 5.41) is 8.83. The molecule has 121 valence electrons. The molecule has 0 saturated heterocycles. The minimum atomic E-state index is -0.840. The van der Waals surface area contributed by atoms with Gasteiger partial charge in [0.2, 0.25) is 0 Å². The number of rotatable bonds is 8. The van der Waals surface area contributed by atoms with E-state index in [9.17, 15) is 9.59 Å². The lowest BCUT2D eigenvalue weighted by Gasteiger charge is -2.24. The Morgan fingerprint density at radius 1 is 1.45 bits per heavy atom. The van der Waals surface area contributed by atoms with Crippen LogP contribution in [0.25, 0.3) is 0 Å². The van der Waals surface area contributed by atoms with E-state index in [0.717, 1.165) is 11.8 Å². The maximum atomic E-state index is 12.2. The molecule has 2 amide bonds. The molecule has 0 bridgehead atoms. The van der Waals surface area contributed by atoms with Gasteiger partial charge in [-0.15, -0.1) is 0 Å². The summed E-state index contributed by atoms with van der Waals surface area (Å²) in [4.78, 5) is 35.3. The molecular formula is C8H18B2N5O4P2S. The minimum Gasteiger partial charge on any atom is -0.440 e. The Kier molecular flexibility index (Phi) is 13.1. The summed E-state index contributed by atoms with van der Waals surface area (Å²) in [6.45, 7) is 0.927. The molecule has 0 heterocycles. The normalized spacial score (nSPS) is 12.5. The molecule has 3 radical (unpaired) electrons. The Balaban J connectivity index is 5.01. The van der Waals surface area contributed by atoms with Crippen molar-refractivity contribution in [2.24, 2.45) is 4.99 Å². The predicted octanol–water partition coefficient (Wildman–Crippen LogP) is -0.283. The van der Waals surface area contributed by atoms with Gasteiger partial charge in [0.1, 0.15) is 8.96 Å². The molecule has 0 aliphatic heterocycles. The molecule has 2 atom stereocenters. The van der Waals surface area contributed by atoms with Gasteiger partial charge in [0, 0.05) is 21.8 Å². The summed E-state index contributed by atoms with van der Waals surface area (Å²) in [7, 11) is 8.63. The van der Waals surface area contributed by atoms with Crippen LogP contribution in [0.3, 0.4) is 0 Å². The molecular weight excluding hydrogens is 346 g/mol. The first kappa shape index (κ1) is 21.8. The van der Waals surface area contributed by atoms with Crippen molar-refractivity contribution in [1.29, 1.82) is 0 Å². The molecule has 0 fully saturated rings. The van der Waals surface area contributed by atoms with Gasteiger partial charge in [0.15, 0.2) is 13.1 Å². The summed E-state index contributed by atoms with van der Waals surface area (Å²) >= 11 is 1.14. The fourth-order valence-corrected chi connectivity index (χ4v) is 2.51. The topological polar surface area (TPSA) is 107 Å². The molecule has 0 aromatic heterocycles. The zero-order chi connectivity index (χ0) is 17.0. The van der Waals surface area contributed by atoms with Crippen molar-refractivity contribution in [1.82, 2.24) is 19.8 Å². The maximum absolute atomic E-state index is 12.2. The average Bonchev–Trinajstić information content (AvgIpc) is 2.49. The first-order valence-corrected chi connectivity index (χ1v) is 9.07. The van der Waals surface area contributed by atoms with E-state index in [2.05, 4.69) is 15.0 Å². The third kappa shape index (κ3) is 9.74. The van der Waals surface area contributed by atoms with Gasteiger partial charge in [-0.2, -0.15) is 4.99 Å². The third-order valence-electron chi connectivity index (χ3n) is 2.06. The zero-order valence-electron chi connectivity index (χ0n) is 12.5. The van der Waals surface area contributed by atoms with Gasteiger partial charge >= 0.3 is 13.7 Å². The van der Waals surface area contributed by atoms with Crippen molar-refractivity contribution in [3.63, 3.8) is 0 Å². The SMILES string of the molecule is [B]NPOC(=O)N=C(SC)N(CCN(C)C)C(=O)PN[B]O. The highest BCUT2D eigenvalue weighted by molar-refractivity contribution is 8.13. The number of likely N-dealkylation sites (N-methyl/N-ethyl adjacent to an activating group) is 1. The monoisotopic (exact) mass is 364 g/mol. The summed E-state index contributed by atoms with van der Waals surface area (Å²) < 4.78 is 4.70. The Morgan fingerprint density at radius 3 is 2.64 bits per heavy atom. The third-order valence-corrected chi connectivity index (χ3v) is 3.89. The van der Waals surface area contributed by atoms with E-state index in [1.165, 1.54) is 4.90 Å². The van der Waals surface area contributed by atoms with E-state index in [-0.39, 0.29) is 19.5 Å². The molecule has 2 unspecified atom stereocenters. The van der Waals surface area contributed by atoms with Crippen LogP contribution in [-0.4, -0.2) is 80.8 Å². The van der Waals surface area contributed by atoms with Gasteiger partial charge in [-0.25, -0.2) is 4.79 Å². The molecule has 0 aromatic rings.